The number of carbonyl (C=O) groups is 1. The number of hydrogen-bond donors (Lipinski definition) is 1. The van der Waals surface area contributed by atoms with Crippen molar-refractivity contribution < 1.29 is 9.53 Å². The number of carbonyl (C=O) groups excluding carboxylic acids is 1. The molecular weight excluding hydrogens is 386 g/mol. The Morgan fingerprint density at radius 3 is 2.87 bits per heavy atom. The average Bonchev–Trinajstić information content (AvgIpc) is 3.50. The minimum Gasteiger partial charge on any atom is -0.497 e. The van der Waals surface area contributed by atoms with Crippen LogP contribution in [0.15, 0.2) is 48.7 Å². The standard InChI is InChI=1S/C26H31N3O2/c1-31-22-10-11-25-24(16-22)20(17-27-25)15-21-8-6-14-28(21)12-4-5-13-29-18-19-7-2-3-9-23(19)26(29)30/h2-3,7,9-11,16-17,21,27H,4-6,8,12-15,18H2,1H3. The maximum Gasteiger partial charge on any atom is 0.254 e. The lowest BCUT2D eigenvalue weighted by Gasteiger charge is -2.25. The summed E-state index contributed by atoms with van der Waals surface area (Å²) in [7, 11) is 1.72. The Bertz CT molecular complexity index is 1070. The molecule has 1 N–H and O–H groups in total. The van der Waals surface area contributed by atoms with E-state index in [9.17, 15) is 4.79 Å². The number of aromatic amines is 1. The number of nitrogens with zero attached hydrogens (tertiary/aromatic N) is 2. The molecule has 162 valence electrons. The molecule has 1 saturated heterocycles. The first kappa shape index (κ1) is 20.1. The van der Waals surface area contributed by atoms with Gasteiger partial charge in [0, 0.05) is 41.8 Å². The van der Waals surface area contributed by atoms with E-state index in [2.05, 4.69) is 34.3 Å². The van der Waals surface area contributed by atoms with Gasteiger partial charge in [0.25, 0.3) is 5.91 Å². The summed E-state index contributed by atoms with van der Waals surface area (Å²) in [6, 6.07) is 14.9. The third kappa shape index (κ3) is 4.07. The lowest BCUT2D eigenvalue weighted by molar-refractivity contribution is 0.0774. The summed E-state index contributed by atoms with van der Waals surface area (Å²) < 4.78 is 5.42. The maximum atomic E-state index is 12.5. The Labute approximate surface area is 184 Å². The largest absolute Gasteiger partial charge is 0.497 e. The van der Waals surface area contributed by atoms with E-state index in [1.807, 2.05) is 29.2 Å². The number of ether oxygens (including phenoxy) is 1. The van der Waals surface area contributed by atoms with Gasteiger partial charge in [-0.1, -0.05) is 18.2 Å². The molecule has 3 aromatic rings. The highest BCUT2D eigenvalue weighted by molar-refractivity contribution is 5.98. The highest BCUT2D eigenvalue weighted by atomic mass is 16.5. The first-order chi connectivity index (χ1) is 15.2. The van der Waals surface area contributed by atoms with Crippen molar-refractivity contribution in [3.05, 3.63) is 65.4 Å². The second-order valence-electron chi connectivity index (χ2n) is 8.85. The normalized spacial score (nSPS) is 18.8. The van der Waals surface area contributed by atoms with E-state index >= 15 is 0 Å². The van der Waals surface area contributed by atoms with Crippen molar-refractivity contribution in [3.63, 3.8) is 0 Å². The number of methoxy groups -OCH3 is 1. The zero-order valence-corrected chi connectivity index (χ0v) is 18.3. The quantitative estimate of drug-likeness (QED) is 0.544. The molecular formula is C26H31N3O2. The summed E-state index contributed by atoms with van der Waals surface area (Å²) in [5.74, 6) is 1.11. The lowest BCUT2D eigenvalue weighted by Crippen LogP contribution is -2.32. The van der Waals surface area contributed by atoms with Gasteiger partial charge in [-0.15, -0.1) is 0 Å². The monoisotopic (exact) mass is 417 g/mol. The molecule has 1 aromatic heterocycles. The van der Waals surface area contributed by atoms with Gasteiger partial charge in [-0.2, -0.15) is 0 Å². The third-order valence-electron chi connectivity index (χ3n) is 6.95. The number of rotatable bonds is 8. The Kier molecular flexibility index (Phi) is 5.68. The number of aromatic nitrogens is 1. The van der Waals surface area contributed by atoms with Gasteiger partial charge < -0.3 is 19.5 Å². The van der Waals surface area contributed by atoms with Crippen LogP contribution in [0.25, 0.3) is 10.9 Å². The fourth-order valence-corrected chi connectivity index (χ4v) is 5.24. The number of fused-ring (bicyclic) bond motifs is 2. The predicted octanol–water partition coefficient (Wildman–Crippen LogP) is 4.62. The lowest BCUT2D eigenvalue weighted by atomic mass is 10.0. The summed E-state index contributed by atoms with van der Waals surface area (Å²) >= 11 is 0. The fraction of sp³-hybridized carbons (Fsp3) is 0.423. The van der Waals surface area contributed by atoms with Crippen LogP contribution < -0.4 is 4.74 Å². The van der Waals surface area contributed by atoms with E-state index < -0.39 is 0 Å². The molecule has 1 amide bonds. The SMILES string of the molecule is COc1ccc2[nH]cc(CC3CCCN3CCCCN3Cc4ccccc4C3=O)c2c1. The Hall–Kier alpha value is -2.79. The number of unbranched alkanes of at least 4 members (excludes halogenated alkanes) is 1. The van der Waals surface area contributed by atoms with Gasteiger partial charge in [0.1, 0.15) is 5.75 Å². The summed E-state index contributed by atoms with van der Waals surface area (Å²) in [5.41, 5.74) is 4.61. The summed E-state index contributed by atoms with van der Waals surface area (Å²) in [6.45, 7) is 3.93. The van der Waals surface area contributed by atoms with Crippen molar-refractivity contribution >= 4 is 16.8 Å². The number of nitrogens with one attached hydrogen (secondary N) is 1. The van der Waals surface area contributed by atoms with Gasteiger partial charge >= 0.3 is 0 Å². The molecule has 0 saturated carbocycles. The molecule has 0 aliphatic carbocycles. The molecule has 1 atom stereocenters. The Morgan fingerprint density at radius 1 is 1.13 bits per heavy atom. The zero-order chi connectivity index (χ0) is 21.2. The second kappa shape index (κ2) is 8.75. The first-order valence-electron chi connectivity index (χ1n) is 11.5. The molecule has 0 spiro atoms. The van der Waals surface area contributed by atoms with E-state index in [1.165, 1.54) is 41.4 Å². The molecule has 5 nitrogen and oxygen atoms in total. The molecule has 5 rings (SSSR count). The van der Waals surface area contributed by atoms with Crippen molar-refractivity contribution in [1.82, 2.24) is 14.8 Å². The minimum atomic E-state index is 0.199. The van der Waals surface area contributed by atoms with Crippen molar-refractivity contribution in [1.29, 1.82) is 0 Å². The molecule has 2 aliphatic heterocycles. The van der Waals surface area contributed by atoms with Gasteiger partial charge in [0.2, 0.25) is 0 Å². The average molecular weight is 418 g/mol. The van der Waals surface area contributed by atoms with Crippen molar-refractivity contribution in [2.24, 2.45) is 0 Å². The predicted molar refractivity (Wildman–Crippen MR) is 124 cm³/mol. The van der Waals surface area contributed by atoms with Crippen LogP contribution in [0.5, 0.6) is 5.75 Å². The van der Waals surface area contributed by atoms with Gasteiger partial charge in [-0.25, -0.2) is 0 Å². The summed E-state index contributed by atoms with van der Waals surface area (Å²) in [5, 5.41) is 1.28. The summed E-state index contributed by atoms with van der Waals surface area (Å²) in [6.07, 6.45) is 7.97. The molecule has 2 aromatic carbocycles. The highest BCUT2D eigenvalue weighted by Gasteiger charge is 2.27. The van der Waals surface area contributed by atoms with Gasteiger partial charge in [0.05, 0.1) is 7.11 Å². The van der Waals surface area contributed by atoms with E-state index in [1.54, 1.807) is 7.11 Å². The number of likely N-dealkylation sites (tertiary alicyclic amines) is 1. The first-order valence-corrected chi connectivity index (χ1v) is 11.5. The topological polar surface area (TPSA) is 48.6 Å². The summed E-state index contributed by atoms with van der Waals surface area (Å²) in [4.78, 5) is 20.6. The van der Waals surface area contributed by atoms with Crippen molar-refractivity contribution in [3.8, 4) is 5.75 Å². The van der Waals surface area contributed by atoms with Crippen LogP contribution in [0.2, 0.25) is 0 Å². The number of benzene rings is 2. The molecule has 31 heavy (non-hydrogen) atoms. The molecule has 5 heteroatoms. The molecule has 2 aliphatic rings. The van der Waals surface area contributed by atoms with Crippen molar-refractivity contribution in [2.45, 2.75) is 44.7 Å². The molecule has 1 unspecified atom stereocenters. The van der Waals surface area contributed by atoms with Crippen LogP contribution in [-0.2, 0) is 13.0 Å². The van der Waals surface area contributed by atoms with E-state index in [0.717, 1.165) is 50.2 Å². The molecule has 1 fully saturated rings. The van der Waals surface area contributed by atoms with Crippen LogP contribution >= 0.6 is 0 Å². The van der Waals surface area contributed by atoms with Crippen LogP contribution in [0.1, 0.15) is 47.2 Å². The van der Waals surface area contributed by atoms with Crippen molar-refractivity contribution in [2.75, 3.05) is 26.7 Å². The smallest absolute Gasteiger partial charge is 0.254 e. The second-order valence-corrected chi connectivity index (χ2v) is 8.85. The van der Waals surface area contributed by atoms with E-state index in [-0.39, 0.29) is 5.91 Å². The Balaban J connectivity index is 1.14. The van der Waals surface area contributed by atoms with Gasteiger partial charge in [0.15, 0.2) is 0 Å². The van der Waals surface area contributed by atoms with E-state index in [0.29, 0.717) is 6.04 Å². The van der Waals surface area contributed by atoms with E-state index in [4.69, 9.17) is 4.74 Å². The third-order valence-corrected chi connectivity index (χ3v) is 6.95. The van der Waals surface area contributed by atoms with Crippen LogP contribution in [-0.4, -0.2) is 53.5 Å². The minimum absolute atomic E-state index is 0.199. The molecule has 3 heterocycles. The molecule has 0 radical (unpaired) electrons. The maximum absolute atomic E-state index is 12.5. The van der Waals surface area contributed by atoms with Gasteiger partial charge in [-0.3, -0.25) is 4.79 Å². The zero-order valence-electron chi connectivity index (χ0n) is 18.3. The van der Waals surface area contributed by atoms with Crippen LogP contribution in [0.3, 0.4) is 0 Å². The van der Waals surface area contributed by atoms with Gasteiger partial charge in [-0.05, 0) is 80.6 Å². The highest BCUT2D eigenvalue weighted by Crippen LogP contribution is 2.28. The number of amides is 1. The number of hydrogen-bond acceptors (Lipinski definition) is 3. The Morgan fingerprint density at radius 2 is 2.00 bits per heavy atom. The van der Waals surface area contributed by atoms with Crippen LogP contribution in [0.4, 0.5) is 0 Å². The molecule has 0 bridgehead atoms. The fourth-order valence-electron chi connectivity index (χ4n) is 5.24. The van der Waals surface area contributed by atoms with Crippen LogP contribution in [0, 0.1) is 0 Å². The number of H-pyrrole nitrogens is 1.